The summed E-state index contributed by atoms with van der Waals surface area (Å²) in [7, 11) is 0. The summed E-state index contributed by atoms with van der Waals surface area (Å²) in [6.07, 6.45) is 1.37. The molecular weight excluding hydrogens is 298 g/mol. The van der Waals surface area contributed by atoms with Gasteiger partial charge in [-0.1, -0.05) is 29.3 Å². The van der Waals surface area contributed by atoms with E-state index in [0.29, 0.717) is 10.7 Å². The highest BCUT2D eigenvalue weighted by molar-refractivity contribution is 6.30. The number of nitriles is 1. The maximum Gasteiger partial charge on any atom is 0.267 e. The number of carbonyl (C=O) groups is 1. The number of aryl methyl sites for hydroxylation is 1. The Labute approximate surface area is 134 Å². The molecule has 2 N–H and O–H groups in total. The number of hydrogen-bond acceptors (Lipinski definition) is 3. The minimum Gasteiger partial charge on any atom is -0.360 e. The first-order valence-corrected chi connectivity index (χ1v) is 6.96. The van der Waals surface area contributed by atoms with Crippen molar-refractivity contribution < 1.29 is 4.79 Å². The second-order valence-electron chi connectivity index (χ2n) is 4.64. The van der Waals surface area contributed by atoms with Crippen LogP contribution in [0.5, 0.6) is 0 Å². The summed E-state index contributed by atoms with van der Waals surface area (Å²) >= 11 is 5.79. The first kappa shape index (κ1) is 15.6. The van der Waals surface area contributed by atoms with Gasteiger partial charge in [0.15, 0.2) is 0 Å². The van der Waals surface area contributed by atoms with Gasteiger partial charge in [0, 0.05) is 22.6 Å². The van der Waals surface area contributed by atoms with Crippen molar-refractivity contribution in [2.75, 3.05) is 10.6 Å². The standard InChI is InChI=1S/C17H14ClN3O/c1-12-2-6-16(7-3-12)21-17(22)13(10-19)11-20-15-8-4-14(18)5-9-15/h2-9,11,20H,1H3,(H,21,22)/b13-11-. The van der Waals surface area contributed by atoms with Gasteiger partial charge in [-0.3, -0.25) is 4.79 Å². The summed E-state index contributed by atoms with van der Waals surface area (Å²) in [5.74, 6) is -0.465. The van der Waals surface area contributed by atoms with Gasteiger partial charge in [0.1, 0.15) is 11.6 Å². The summed E-state index contributed by atoms with van der Waals surface area (Å²) in [5, 5.41) is 15.3. The fourth-order valence-electron chi connectivity index (χ4n) is 1.69. The first-order chi connectivity index (χ1) is 10.6. The number of benzene rings is 2. The van der Waals surface area contributed by atoms with Gasteiger partial charge in [-0.15, -0.1) is 0 Å². The zero-order valence-corrected chi connectivity index (χ0v) is 12.7. The van der Waals surface area contributed by atoms with E-state index < -0.39 is 5.91 Å². The maximum atomic E-state index is 12.0. The molecule has 4 nitrogen and oxygen atoms in total. The van der Waals surface area contributed by atoms with E-state index >= 15 is 0 Å². The van der Waals surface area contributed by atoms with Crippen LogP contribution in [0.4, 0.5) is 11.4 Å². The molecule has 0 bridgehead atoms. The summed E-state index contributed by atoms with van der Waals surface area (Å²) in [4.78, 5) is 12.0. The predicted molar refractivity (Wildman–Crippen MR) is 88.6 cm³/mol. The van der Waals surface area contributed by atoms with Crippen molar-refractivity contribution in [3.05, 3.63) is 70.9 Å². The number of nitrogens with one attached hydrogen (secondary N) is 2. The Morgan fingerprint density at radius 1 is 1.09 bits per heavy atom. The second-order valence-corrected chi connectivity index (χ2v) is 5.08. The van der Waals surface area contributed by atoms with Crippen molar-refractivity contribution in [2.45, 2.75) is 6.92 Å². The van der Waals surface area contributed by atoms with E-state index in [0.717, 1.165) is 11.3 Å². The Hall–Kier alpha value is -2.77. The fourth-order valence-corrected chi connectivity index (χ4v) is 1.81. The fraction of sp³-hybridized carbons (Fsp3) is 0.0588. The van der Waals surface area contributed by atoms with Crippen molar-refractivity contribution in [2.24, 2.45) is 0 Å². The Bertz CT molecular complexity index is 728. The van der Waals surface area contributed by atoms with Crippen LogP contribution in [0, 0.1) is 18.3 Å². The highest BCUT2D eigenvalue weighted by Crippen LogP contribution is 2.14. The molecule has 1 amide bonds. The van der Waals surface area contributed by atoms with Gasteiger partial charge >= 0.3 is 0 Å². The molecule has 2 aromatic carbocycles. The molecule has 0 atom stereocenters. The SMILES string of the molecule is Cc1ccc(NC(=O)/C(C#N)=C\Nc2ccc(Cl)cc2)cc1. The molecule has 0 aliphatic carbocycles. The highest BCUT2D eigenvalue weighted by atomic mass is 35.5. The number of halogens is 1. The normalized spacial score (nSPS) is 10.7. The minimum absolute atomic E-state index is 0.0180. The lowest BCUT2D eigenvalue weighted by Gasteiger charge is -2.05. The average Bonchev–Trinajstić information content (AvgIpc) is 2.52. The van der Waals surface area contributed by atoms with Crippen LogP contribution in [-0.2, 0) is 4.79 Å². The zero-order chi connectivity index (χ0) is 15.9. The molecule has 0 spiro atoms. The zero-order valence-electron chi connectivity index (χ0n) is 11.9. The van der Waals surface area contributed by atoms with Gasteiger partial charge in [-0.2, -0.15) is 5.26 Å². The molecule has 110 valence electrons. The van der Waals surface area contributed by atoms with Crippen molar-refractivity contribution in [1.82, 2.24) is 0 Å². The highest BCUT2D eigenvalue weighted by Gasteiger charge is 2.09. The molecule has 0 radical (unpaired) electrons. The van der Waals surface area contributed by atoms with E-state index in [2.05, 4.69) is 10.6 Å². The van der Waals surface area contributed by atoms with E-state index in [1.807, 2.05) is 25.1 Å². The molecule has 0 aromatic heterocycles. The van der Waals surface area contributed by atoms with Gasteiger partial charge in [0.25, 0.3) is 5.91 Å². The van der Waals surface area contributed by atoms with Crippen molar-refractivity contribution in [3.8, 4) is 6.07 Å². The molecule has 0 heterocycles. The lowest BCUT2D eigenvalue weighted by molar-refractivity contribution is -0.112. The van der Waals surface area contributed by atoms with Crippen LogP contribution in [0.15, 0.2) is 60.3 Å². The van der Waals surface area contributed by atoms with Gasteiger partial charge in [-0.25, -0.2) is 0 Å². The summed E-state index contributed by atoms with van der Waals surface area (Å²) in [6.45, 7) is 1.96. The van der Waals surface area contributed by atoms with E-state index in [9.17, 15) is 4.79 Å². The smallest absolute Gasteiger partial charge is 0.267 e. The Balaban J connectivity index is 2.05. The Morgan fingerprint density at radius 2 is 1.68 bits per heavy atom. The lowest BCUT2D eigenvalue weighted by atomic mass is 10.2. The Kier molecular flexibility index (Phi) is 5.18. The third kappa shape index (κ3) is 4.37. The number of carbonyl (C=O) groups excluding carboxylic acids is 1. The van der Waals surface area contributed by atoms with Gasteiger partial charge < -0.3 is 10.6 Å². The third-order valence-corrected chi connectivity index (χ3v) is 3.15. The second kappa shape index (κ2) is 7.30. The molecule has 0 saturated heterocycles. The Morgan fingerprint density at radius 3 is 2.27 bits per heavy atom. The van der Waals surface area contributed by atoms with Crippen LogP contribution in [0.25, 0.3) is 0 Å². The number of rotatable bonds is 4. The quantitative estimate of drug-likeness (QED) is 0.660. The van der Waals surface area contributed by atoms with Gasteiger partial charge in [-0.05, 0) is 43.3 Å². The van der Waals surface area contributed by atoms with E-state index in [4.69, 9.17) is 16.9 Å². The van der Waals surface area contributed by atoms with Crippen molar-refractivity contribution >= 4 is 28.9 Å². The molecule has 0 unspecified atom stereocenters. The molecule has 5 heteroatoms. The van der Waals surface area contributed by atoms with E-state index in [1.54, 1.807) is 36.4 Å². The largest absolute Gasteiger partial charge is 0.360 e. The van der Waals surface area contributed by atoms with Crippen LogP contribution < -0.4 is 10.6 Å². The molecule has 0 aliphatic heterocycles. The maximum absolute atomic E-state index is 12.0. The number of hydrogen-bond donors (Lipinski definition) is 2. The molecule has 0 saturated carbocycles. The summed E-state index contributed by atoms with van der Waals surface area (Å²) in [6, 6.07) is 16.2. The number of anilines is 2. The average molecular weight is 312 g/mol. The monoisotopic (exact) mass is 311 g/mol. The molecular formula is C17H14ClN3O. The summed E-state index contributed by atoms with van der Waals surface area (Å²) in [5.41, 5.74) is 2.46. The third-order valence-electron chi connectivity index (χ3n) is 2.90. The minimum atomic E-state index is -0.465. The molecule has 0 aliphatic rings. The summed E-state index contributed by atoms with van der Waals surface area (Å²) < 4.78 is 0. The lowest BCUT2D eigenvalue weighted by Crippen LogP contribution is -2.14. The number of amides is 1. The number of nitrogens with zero attached hydrogens (tertiary/aromatic N) is 1. The molecule has 22 heavy (non-hydrogen) atoms. The first-order valence-electron chi connectivity index (χ1n) is 6.59. The van der Waals surface area contributed by atoms with Gasteiger partial charge in [0.05, 0.1) is 0 Å². The molecule has 2 rings (SSSR count). The molecule has 0 fully saturated rings. The van der Waals surface area contributed by atoms with Crippen molar-refractivity contribution in [3.63, 3.8) is 0 Å². The van der Waals surface area contributed by atoms with Crippen LogP contribution in [0.2, 0.25) is 5.02 Å². The van der Waals surface area contributed by atoms with E-state index in [-0.39, 0.29) is 5.57 Å². The van der Waals surface area contributed by atoms with Crippen LogP contribution in [0.1, 0.15) is 5.56 Å². The predicted octanol–water partition coefficient (Wildman–Crippen LogP) is 4.11. The van der Waals surface area contributed by atoms with Crippen LogP contribution >= 0.6 is 11.6 Å². The topological polar surface area (TPSA) is 64.9 Å². The van der Waals surface area contributed by atoms with E-state index in [1.165, 1.54) is 6.20 Å². The van der Waals surface area contributed by atoms with Crippen LogP contribution in [-0.4, -0.2) is 5.91 Å². The molecule has 2 aromatic rings. The van der Waals surface area contributed by atoms with Crippen molar-refractivity contribution in [1.29, 1.82) is 5.26 Å². The van der Waals surface area contributed by atoms with Gasteiger partial charge in [0.2, 0.25) is 0 Å². The van der Waals surface area contributed by atoms with Crippen LogP contribution in [0.3, 0.4) is 0 Å².